The van der Waals surface area contributed by atoms with Crippen molar-refractivity contribution >= 4 is 40.2 Å². The zero-order valence-corrected chi connectivity index (χ0v) is 45.1. The van der Waals surface area contributed by atoms with Crippen LogP contribution in [0.3, 0.4) is 0 Å². The Bertz CT molecular complexity index is 3680. The first-order valence-corrected chi connectivity index (χ1v) is 26.7. The molecular formula is C71H62BNO2. The average Bonchev–Trinajstić information content (AvgIpc) is 3.49. The molecule has 0 atom stereocenters. The number of rotatable bonds is 7. The Labute approximate surface area is 444 Å². The van der Waals surface area contributed by atoms with Gasteiger partial charge in [0.05, 0.1) is 11.4 Å². The van der Waals surface area contributed by atoms with E-state index in [0.29, 0.717) is 0 Å². The maximum absolute atomic E-state index is 7.39. The first kappa shape index (κ1) is 47.7. The van der Waals surface area contributed by atoms with Crippen LogP contribution in [0, 0.1) is 62.3 Å². The lowest BCUT2D eigenvalue weighted by Crippen LogP contribution is -2.59. The fraction of sp³-hybridized carbons (Fsp3) is 0.155. The van der Waals surface area contributed by atoms with Gasteiger partial charge in [-0.1, -0.05) is 188 Å². The van der Waals surface area contributed by atoms with E-state index >= 15 is 0 Å². The molecule has 3 nitrogen and oxygen atoms in total. The van der Waals surface area contributed by atoms with Crippen molar-refractivity contribution in [2.24, 2.45) is 0 Å². The Morgan fingerprint density at radius 2 is 0.573 bits per heavy atom. The summed E-state index contributed by atoms with van der Waals surface area (Å²) >= 11 is 0. The molecule has 10 aromatic rings. The van der Waals surface area contributed by atoms with Gasteiger partial charge < -0.3 is 9.47 Å². The zero-order chi connectivity index (χ0) is 52.0. The highest BCUT2D eigenvalue weighted by molar-refractivity contribution is 6.98. The standard InChI is InChI=1S/C69H56BNO2.C2H6/c1-39-25-46(8)66(47(9)26-39)70-57-33-54(51-27-40(2)63(41(3)28-51)48-19-13-10-14-20-48)35-59-67(57)71-68-58(70)34-55(52-29-42(4)64(43(5)30-52)49-21-15-11-16-22-49)36-60(68)73-62-38-56(37-61(72-59)69(62)71)53-31-44(6)65(45(7)32-53)50-23-17-12-18-24-50;1-2/h10-38H,1-9H3;1-2H3. The van der Waals surface area contributed by atoms with Crippen LogP contribution in [0.2, 0.25) is 0 Å². The van der Waals surface area contributed by atoms with Crippen LogP contribution in [0.1, 0.15) is 63.9 Å². The van der Waals surface area contributed by atoms with Crippen LogP contribution >= 0.6 is 0 Å². The molecule has 0 fully saturated rings. The minimum Gasteiger partial charge on any atom is -0.453 e. The second-order valence-electron chi connectivity index (χ2n) is 21.0. The molecule has 366 valence electrons. The number of benzene rings is 10. The molecule has 0 spiro atoms. The zero-order valence-electron chi connectivity index (χ0n) is 45.1. The normalized spacial score (nSPS) is 12.4. The summed E-state index contributed by atoms with van der Waals surface area (Å²) in [6, 6.07) is 65.0. The molecule has 4 heteroatoms. The SMILES string of the molecule is CC.Cc1cc(C)c(B2c3cc(-c4cc(C)c(-c5ccccc5)c(C)c4)cc4c3N3c5c(cc(-c6cc(C)c(-c7ccccc7)c(C)c6)cc5Oc5cc(-c6cc(C)c(-c7ccccc7)c(C)c6)cc2c53)O4)c(C)c1. The van der Waals surface area contributed by atoms with Gasteiger partial charge in [-0.2, -0.15) is 0 Å². The summed E-state index contributed by atoms with van der Waals surface area (Å²) in [5, 5.41) is 0. The second kappa shape index (κ2) is 18.5. The van der Waals surface area contributed by atoms with Crippen LogP contribution < -0.4 is 30.8 Å². The fourth-order valence-corrected chi connectivity index (χ4v) is 13.1. The molecule has 0 aromatic heterocycles. The maximum atomic E-state index is 7.39. The number of ether oxygens (including phenoxy) is 2. The minimum atomic E-state index is -0.125. The highest BCUT2D eigenvalue weighted by Gasteiger charge is 2.47. The van der Waals surface area contributed by atoms with Crippen molar-refractivity contribution in [2.75, 3.05) is 4.90 Å². The molecule has 0 aliphatic carbocycles. The molecular weight excluding hydrogens is 910 g/mol. The van der Waals surface area contributed by atoms with Gasteiger partial charge in [0, 0.05) is 0 Å². The molecule has 10 aromatic carbocycles. The quantitative estimate of drug-likeness (QED) is 0.149. The van der Waals surface area contributed by atoms with Crippen molar-refractivity contribution in [2.45, 2.75) is 76.2 Å². The smallest absolute Gasteiger partial charge is 0.247 e. The van der Waals surface area contributed by atoms with E-state index in [-0.39, 0.29) is 6.71 Å². The molecule has 13 rings (SSSR count). The summed E-state index contributed by atoms with van der Waals surface area (Å²) in [5.74, 6) is 3.24. The minimum absolute atomic E-state index is 0.125. The molecule has 3 heterocycles. The van der Waals surface area contributed by atoms with Crippen LogP contribution in [0.4, 0.5) is 17.1 Å². The van der Waals surface area contributed by atoms with Crippen molar-refractivity contribution in [3.63, 3.8) is 0 Å². The molecule has 0 saturated heterocycles. The Balaban J connectivity index is 0.00000281. The number of nitrogens with zero attached hydrogens (tertiary/aromatic N) is 1. The molecule has 0 radical (unpaired) electrons. The van der Waals surface area contributed by atoms with Gasteiger partial charge in [-0.15, -0.1) is 0 Å². The van der Waals surface area contributed by atoms with Gasteiger partial charge in [0.15, 0.2) is 23.0 Å². The highest BCUT2D eigenvalue weighted by atomic mass is 16.5. The van der Waals surface area contributed by atoms with Gasteiger partial charge in [0.2, 0.25) is 6.71 Å². The summed E-state index contributed by atoms with van der Waals surface area (Å²) in [6.45, 7) is 24.1. The largest absolute Gasteiger partial charge is 0.453 e. The third-order valence-corrected chi connectivity index (χ3v) is 15.8. The summed E-state index contributed by atoms with van der Waals surface area (Å²) in [7, 11) is 0. The molecule has 3 aliphatic rings. The van der Waals surface area contributed by atoms with E-state index in [2.05, 4.69) is 243 Å². The number of anilines is 3. The van der Waals surface area contributed by atoms with Gasteiger partial charge in [-0.25, -0.2) is 0 Å². The Morgan fingerprint density at radius 3 is 0.893 bits per heavy atom. The van der Waals surface area contributed by atoms with Crippen LogP contribution in [0.5, 0.6) is 23.0 Å². The van der Waals surface area contributed by atoms with Gasteiger partial charge in [-0.3, -0.25) is 4.90 Å². The molecule has 0 unspecified atom stereocenters. The number of hydrogen-bond acceptors (Lipinski definition) is 3. The lowest BCUT2D eigenvalue weighted by atomic mass is 9.33. The Kier molecular flexibility index (Phi) is 11.8. The van der Waals surface area contributed by atoms with E-state index in [0.717, 1.165) is 62.3 Å². The summed E-state index contributed by atoms with van der Waals surface area (Å²) < 4.78 is 14.8. The van der Waals surface area contributed by atoms with Crippen molar-refractivity contribution in [3.8, 4) is 89.8 Å². The van der Waals surface area contributed by atoms with Gasteiger partial charge in [0.1, 0.15) is 5.69 Å². The monoisotopic (exact) mass is 971 g/mol. The average molecular weight is 972 g/mol. The van der Waals surface area contributed by atoms with Crippen LogP contribution in [0.25, 0.3) is 66.8 Å². The fourth-order valence-electron chi connectivity index (χ4n) is 13.1. The first-order valence-electron chi connectivity index (χ1n) is 26.7. The van der Waals surface area contributed by atoms with E-state index in [4.69, 9.17) is 9.47 Å². The van der Waals surface area contributed by atoms with Crippen molar-refractivity contribution in [1.29, 1.82) is 0 Å². The lowest BCUT2D eigenvalue weighted by Gasteiger charge is -2.45. The Morgan fingerprint density at radius 1 is 0.293 bits per heavy atom. The summed E-state index contributed by atoms with van der Waals surface area (Å²) in [6.07, 6.45) is 0. The number of hydrogen-bond donors (Lipinski definition) is 0. The Hall–Kier alpha value is -8.34. The van der Waals surface area contributed by atoms with Gasteiger partial charge >= 0.3 is 0 Å². The third-order valence-electron chi connectivity index (χ3n) is 15.8. The molecule has 75 heavy (non-hydrogen) atoms. The molecule has 0 amide bonds. The van der Waals surface area contributed by atoms with E-state index in [1.54, 1.807) is 0 Å². The highest BCUT2D eigenvalue weighted by Crippen LogP contribution is 2.62. The van der Waals surface area contributed by atoms with Crippen molar-refractivity contribution in [1.82, 2.24) is 0 Å². The van der Waals surface area contributed by atoms with Crippen molar-refractivity contribution in [3.05, 3.63) is 226 Å². The van der Waals surface area contributed by atoms with Crippen LogP contribution in [-0.2, 0) is 0 Å². The maximum Gasteiger partial charge on any atom is 0.247 e. The van der Waals surface area contributed by atoms with Gasteiger partial charge in [-0.05, 0) is 198 Å². The summed E-state index contributed by atoms with van der Waals surface area (Å²) in [4.78, 5) is 2.48. The van der Waals surface area contributed by atoms with Crippen LogP contribution in [-0.4, -0.2) is 6.71 Å². The lowest BCUT2D eigenvalue weighted by molar-refractivity contribution is 0.447. The van der Waals surface area contributed by atoms with Crippen molar-refractivity contribution < 1.29 is 9.47 Å². The number of aryl methyl sites for hydroxylation is 9. The van der Waals surface area contributed by atoms with Gasteiger partial charge in [0.25, 0.3) is 0 Å². The molecule has 0 N–H and O–H groups in total. The second-order valence-corrected chi connectivity index (χ2v) is 21.0. The molecule has 0 bridgehead atoms. The third kappa shape index (κ3) is 7.89. The topological polar surface area (TPSA) is 21.7 Å². The van der Waals surface area contributed by atoms with E-state index < -0.39 is 0 Å². The van der Waals surface area contributed by atoms with Crippen LogP contribution in [0.15, 0.2) is 176 Å². The predicted molar refractivity (Wildman–Crippen MR) is 319 cm³/mol. The predicted octanol–water partition coefficient (Wildman–Crippen LogP) is 18.0. The first-order chi connectivity index (χ1) is 36.4. The molecule has 0 saturated carbocycles. The van der Waals surface area contributed by atoms with E-state index in [1.807, 2.05) is 13.8 Å². The summed E-state index contributed by atoms with van der Waals surface area (Å²) in [5.41, 5.74) is 32.4. The van der Waals surface area contributed by atoms with E-state index in [9.17, 15) is 0 Å². The van der Waals surface area contributed by atoms with E-state index in [1.165, 1.54) is 111 Å². The molecule has 3 aliphatic heterocycles.